The molecule has 0 saturated heterocycles. The van der Waals surface area contributed by atoms with Crippen LogP contribution in [0, 0.1) is 5.92 Å². The molecule has 0 aliphatic heterocycles. The summed E-state index contributed by atoms with van der Waals surface area (Å²) in [7, 11) is 1.80. The van der Waals surface area contributed by atoms with E-state index in [9.17, 15) is 0 Å². The van der Waals surface area contributed by atoms with Crippen LogP contribution in [-0.4, -0.2) is 49.3 Å². The molecule has 0 amide bonds. The van der Waals surface area contributed by atoms with Crippen LogP contribution in [0.25, 0.3) is 0 Å². The minimum atomic E-state index is 0.221. The van der Waals surface area contributed by atoms with Gasteiger partial charge < -0.3 is 10.1 Å². The number of ether oxygens (including phenoxy) is 1. The SMILES string of the molecule is COCCN(C(C)CCNC(C)(C)C)C(C)C1CC1. The standard InChI is InChI=1S/C16H34N2O/c1-13(9-10-17-16(3,4)5)18(11-12-19-6)14(2)15-7-8-15/h13-15,17H,7-12H2,1-6H3. The number of nitrogens with zero attached hydrogens (tertiary/aromatic N) is 1. The molecule has 1 fully saturated rings. The first-order valence-corrected chi connectivity index (χ1v) is 7.85. The van der Waals surface area contributed by atoms with Crippen molar-refractivity contribution in [2.75, 3.05) is 26.8 Å². The fraction of sp³-hybridized carbons (Fsp3) is 1.00. The van der Waals surface area contributed by atoms with E-state index < -0.39 is 0 Å². The Morgan fingerprint density at radius 3 is 2.37 bits per heavy atom. The first-order chi connectivity index (χ1) is 8.85. The predicted molar refractivity (Wildman–Crippen MR) is 82.6 cm³/mol. The van der Waals surface area contributed by atoms with Crippen molar-refractivity contribution in [2.24, 2.45) is 5.92 Å². The minimum absolute atomic E-state index is 0.221. The van der Waals surface area contributed by atoms with Crippen molar-refractivity contribution in [3.8, 4) is 0 Å². The van der Waals surface area contributed by atoms with Gasteiger partial charge in [-0.05, 0) is 66.3 Å². The Bertz CT molecular complexity index is 246. The Balaban J connectivity index is 2.39. The molecular formula is C16H34N2O. The molecular weight excluding hydrogens is 236 g/mol. The second-order valence-corrected chi connectivity index (χ2v) is 7.12. The van der Waals surface area contributed by atoms with Gasteiger partial charge >= 0.3 is 0 Å². The van der Waals surface area contributed by atoms with Crippen LogP contribution in [0.5, 0.6) is 0 Å². The Hall–Kier alpha value is -0.120. The lowest BCUT2D eigenvalue weighted by molar-refractivity contribution is 0.0833. The topological polar surface area (TPSA) is 24.5 Å². The number of rotatable bonds is 9. The van der Waals surface area contributed by atoms with E-state index in [-0.39, 0.29) is 5.54 Å². The second-order valence-electron chi connectivity index (χ2n) is 7.12. The Morgan fingerprint density at radius 1 is 1.26 bits per heavy atom. The van der Waals surface area contributed by atoms with Crippen LogP contribution in [0.1, 0.15) is 53.9 Å². The van der Waals surface area contributed by atoms with Crippen LogP contribution in [0.3, 0.4) is 0 Å². The Kier molecular flexibility index (Phi) is 6.78. The van der Waals surface area contributed by atoms with E-state index in [0.29, 0.717) is 12.1 Å². The minimum Gasteiger partial charge on any atom is -0.383 e. The van der Waals surface area contributed by atoms with E-state index >= 15 is 0 Å². The molecule has 1 saturated carbocycles. The zero-order chi connectivity index (χ0) is 14.5. The molecule has 1 rings (SSSR count). The van der Waals surface area contributed by atoms with Crippen LogP contribution in [0.2, 0.25) is 0 Å². The summed E-state index contributed by atoms with van der Waals surface area (Å²) >= 11 is 0. The second kappa shape index (κ2) is 7.61. The van der Waals surface area contributed by atoms with Crippen LogP contribution < -0.4 is 5.32 Å². The average Bonchev–Trinajstić information content (AvgIpc) is 3.11. The molecule has 1 N–H and O–H groups in total. The summed E-state index contributed by atoms with van der Waals surface area (Å²) in [5.41, 5.74) is 0.221. The van der Waals surface area contributed by atoms with E-state index in [0.717, 1.165) is 25.6 Å². The van der Waals surface area contributed by atoms with Crippen LogP contribution in [-0.2, 0) is 4.74 Å². The highest BCUT2D eigenvalue weighted by atomic mass is 16.5. The highest BCUT2D eigenvalue weighted by molar-refractivity contribution is 4.87. The molecule has 0 heterocycles. The van der Waals surface area contributed by atoms with E-state index in [4.69, 9.17) is 4.74 Å². The molecule has 1 aliphatic rings. The zero-order valence-corrected chi connectivity index (χ0v) is 13.8. The lowest BCUT2D eigenvalue weighted by Gasteiger charge is -2.35. The van der Waals surface area contributed by atoms with Gasteiger partial charge in [0.15, 0.2) is 0 Å². The van der Waals surface area contributed by atoms with Gasteiger partial charge in [0.2, 0.25) is 0 Å². The quantitative estimate of drug-likeness (QED) is 0.697. The first-order valence-electron chi connectivity index (χ1n) is 7.85. The molecule has 0 radical (unpaired) electrons. The third kappa shape index (κ3) is 6.73. The summed E-state index contributed by atoms with van der Waals surface area (Å²) in [6, 6.07) is 1.33. The number of hydrogen-bond acceptors (Lipinski definition) is 3. The monoisotopic (exact) mass is 270 g/mol. The van der Waals surface area contributed by atoms with Crippen LogP contribution >= 0.6 is 0 Å². The van der Waals surface area contributed by atoms with Crippen molar-refractivity contribution in [1.29, 1.82) is 0 Å². The fourth-order valence-corrected chi connectivity index (χ4v) is 2.69. The smallest absolute Gasteiger partial charge is 0.0589 e. The number of nitrogens with one attached hydrogen (secondary N) is 1. The van der Waals surface area contributed by atoms with Crippen molar-refractivity contribution in [3.63, 3.8) is 0 Å². The van der Waals surface area contributed by atoms with Crippen molar-refractivity contribution in [3.05, 3.63) is 0 Å². The third-order valence-electron chi connectivity index (χ3n) is 4.16. The molecule has 114 valence electrons. The molecule has 0 bridgehead atoms. The van der Waals surface area contributed by atoms with E-state index in [1.807, 2.05) is 0 Å². The summed E-state index contributed by atoms with van der Waals surface area (Å²) in [5, 5.41) is 3.59. The molecule has 3 nitrogen and oxygen atoms in total. The maximum absolute atomic E-state index is 5.27. The van der Waals surface area contributed by atoms with Gasteiger partial charge in [-0.15, -0.1) is 0 Å². The molecule has 2 atom stereocenters. The molecule has 19 heavy (non-hydrogen) atoms. The summed E-state index contributed by atoms with van der Waals surface area (Å²) in [6.45, 7) is 14.4. The summed E-state index contributed by atoms with van der Waals surface area (Å²) in [5.74, 6) is 0.926. The lowest BCUT2D eigenvalue weighted by atomic mass is 10.1. The summed E-state index contributed by atoms with van der Waals surface area (Å²) in [4.78, 5) is 2.64. The zero-order valence-electron chi connectivity index (χ0n) is 13.8. The van der Waals surface area contributed by atoms with E-state index in [1.165, 1.54) is 19.3 Å². The van der Waals surface area contributed by atoms with Gasteiger partial charge in [-0.3, -0.25) is 4.90 Å². The Morgan fingerprint density at radius 2 is 1.89 bits per heavy atom. The largest absolute Gasteiger partial charge is 0.383 e. The lowest BCUT2D eigenvalue weighted by Crippen LogP contribution is -2.45. The van der Waals surface area contributed by atoms with Crippen molar-refractivity contribution in [2.45, 2.75) is 71.5 Å². The Labute approximate surface area is 120 Å². The molecule has 3 heteroatoms. The van der Waals surface area contributed by atoms with Crippen LogP contribution in [0.15, 0.2) is 0 Å². The molecule has 0 aromatic heterocycles. The van der Waals surface area contributed by atoms with Gasteiger partial charge in [-0.1, -0.05) is 0 Å². The maximum Gasteiger partial charge on any atom is 0.0589 e. The van der Waals surface area contributed by atoms with Gasteiger partial charge in [-0.25, -0.2) is 0 Å². The predicted octanol–water partition coefficient (Wildman–Crippen LogP) is 2.90. The number of hydrogen-bond donors (Lipinski definition) is 1. The average molecular weight is 270 g/mol. The third-order valence-corrected chi connectivity index (χ3v) is 4.16. The molecule has 0 aromatic rings. The van der Waals surface area contributed by atoms with Crippen molar-refractivity contribution < 1.29 is 4.74 Å². The van der Waals surface area contributed by atoms with Gasteiger partial charge in [0.1, 0.15) is 0 Å². The first kappa shape index (κ1) is 16.9. The van der Waals surface area contributed by atoms with E-state index in [1.54, 1.807) is 7.11 Å². The summed E-state index contributed by atoms with van der Waals surface area (Å²) in [6.07, 6.45) is 4.03. The highest BCUT2D eigenvalue weighted by Gasteiger charge is 2.33. The van der Waals surface area contributed by atoms with Crippen molar-refractivity contribution >= 4 is 0 Å². The molecule has 0 aromatic carbocycles. The molecule has 1 aliphatic carbocycles. The van der Waals surface area contributed by atoms with Gasteiger partial charge in [0.25, 0.3) is 0 Å². The van der Waals surface area contributed by atoms with Gasteiger partial charge in [0.05, 0.1) is 6.61 Å². The summed E-state index contributed by atoms with van der Waals surface area (Å²) < 4.78 is 5.27. The normalized spacial score (nSPS) is 19.7. The fourth-order valence-electron chi connectivity index (χ4n) is 2.69. The number of methoxy groups -OCH3 is 1. The van der Waals surface area contributed by atoms with E-state index in [2.05, 4.69) is 44.8 Å². The molecule has 2 unspecified atom stereocenters. The maximum atomic E-state index is 5.27. The molecule has 0 spiro atoms. The highest BCUT2D eigenvalue weighted by Crippen LogP contribution is 2.36. The van der Waals surface area contributed by atoms with Crippen molar-refractivity contribution in [1.82, 2.24) is 10.2 Å². The van der Waals surface area contributed by atoms with Gasteiger partial charge in [-0.2, -0.15) is 0 Å². The van der Waals surface area contributed by atoms with Crippen LogP contribution in [0.4, 0.5) is 0 Å². The van der Waals surface area contributed by atoms with Gasteiger partial charge in [0, 0.05) is 31.3 Å².